The first-order valence-electron chi connectivity index (χ1n) is 12.4. The fourth-order valence-electron chi connectivity index (χ4n) is 4.42. The van der Waals surface area contributed by atoms with Gasteiger partial charge >= 0.3 is 0 Å². The van der Waals surface area contributed by atoms with E-state index in [9.17, 15) is 13.5 Å². The predicted molar refractivity (Wildman–Crippen MR) is 144 cm³/mol. The first kappa shape index (κ1) is 26.9. The van der Waals surface area contributed by atoms with Crippen LogP contribution < -0.4 is 4.74 Å². The first-order valence-corrected chi connectivity index (χ1v) is 13.8. The number of aliphatic hydroxyl groups excluding tert-OH is 1. The second kappa shape index (κ2) is 12.0. The maximum atomic E-state index is 13.7. The van der Waals surface area contributed by atoms with E-state index in [2.05, 4.69) is 14.9 Å². The fourth-order valence-corrected chi connectivity index (χ4v) is 6.24. The van der Waals surface area contributed by atoms with Gasteiger partial charge in [-0.3, -0.25) is 4.90 Å². The minimum Gasteiger partial charge on any atom is -0.487 e. The summed E-state index contributed by atoms with van der Waals surface area (Å²) in [5.41, 5.74) is 2.86. The Morgan fingerprint density at radius 2 is 1.84 bits per heavy atom. The molecule has 37 heavy (non-hydrogen) atoms. The first-order chi connectivity index (χ1) is 17.8. The molecule has 1 aliphatic rings. The lowest BCUT2D eigenvalue weighted by atomic mass is 10.0. The molecule has 0 saturated heterocycles. The van der Waals surface area contributed by atoms with E-state index in [-0.39, 0.29) is 30.1 Å². The number of rotatable bonds is 8. The van der Waals surface area contributed by atoms with Gasteiger partial charge in [0, 0.05) is 49.6 Å². The number of likely N-dealkylation sites (N-methyl/N-ethyl adjacent to an activating group) is 1. The van der Waals surface area contributed by atoms with Crippen molar-refractivity contribution in [1.29, 1.82) is 0 Å². The van der Waals surface area contributed by atoms with Crippen molar-refractivity contribution in [2.75, 3.05) is 26.7 Å². The molecule has 0 saturated carbocycles. The summed E-state index contributed by atoms with van der Waals surface area (Å²) in [5, 5.41) is 9.85. The smallest absolute Gasteiger partial charge is 0.247 e. The molecule has 0 amide bonds. The Morgan fingerprint density at radius 1 is 1.14 bits per heavy atom. The van der Waals surface area contributed by atoms with Crippen LogP contribution in [0.15, 0.2) is 72.1 Å². The third-order valence-corrected chi connectivity index (χ3v) is 8.54. The van der Waals surface area contributed by atoms with Gasteiger partial charge < -0.3 is 9.84 Å². The van der Waals surface area contributed by atoms with Crippen molar-refractivity contribution in [2.24, 2.45) is 5.92 Å². The van der Waals surface area contributed by atoms with Crippen LogP contribution in [0.1, 0.15) is 30.5 Å². The normalized spacial score (nSPS) is 20.7. The van der Waals surface area contributed by atoms with E-state index in [1.807, 2.05) is 56.5 Å². The molecular weight excluding hydrogens is 488 g/mol. The molecule has 0 radical (unpaired) electrons. The lowest BCUT2D eigenvalue weighted by molar-refractivity contribution is 0.0733. The highest BCUT2D eigenvalue weighted by Gasteiger charge is 2.38. The molecule has 1 N–H and O–H groups in total. The maximum absolute atomic E-state index is 13.7. The van der Waals surface area contributed by atoms with Gasteiger partial charge in [-0.1, -0.05) is 55.5 Å². The number of sulfonamides is 1. The second-order valence-corrected chi connectivity index (χ2v) is 11.5. The molecule has 0 spiro atoms. The molecule has 196 valence electrons. The van der Waals surface area contributed by atoms with Crippen LogP contribution in [0.3, 0.4) is 0 Å². The van der Waals surface area contributed by atoms with Gasteiger partial charge in [0.25, 0.3) is 0 Å². The summed E-state index contributed by atoms with van der Waals surface area (Å²) in [6, 6.07) is 14.5. The van der Waals surface area contributed by atoms with Crippen molar-refractivity contribution in [3.05, 3.63) is 83.9 Å². The van der Waals surface area contributed by atoms with E-state index in [1.54, 1.807) is 37.5 Å². The summed E-state index contributed by atoms with van der Waals surface area (Å²) in [6.45, 7) is 4.89. The molecule has 3 aromatic rings. The summed E-state index contributed by atoms with van der Waals surface area (Å²) in [7, 11) is -1.88. The summed E-state index contributed by atoms with van der Waals surface area (Å²) in [5.74, 6) is 0.188. The lowest BCUT2D eigenvalue weighted by Gasteiger charge is -2.37. The van der Waals surface area contributed by atoms with Crippen molar-refractivity contribution >= 4 is 22.2 Å². The van der Waals surface area contributed by atoms with Crippen LogP contribution in [-0.4, -0.2) is 71.6 Å². The van der Waals surface area contributed by atoms with E-state index < -0.39 is 16.1 Å². The average Bonchev–Trinajstić information content (AvgIpc) is 2.90. The predicted octanol–water partition coefficient (Wildman–Crippen LogP) is 3.55. The number of fused-ring (bicyclic) bond motifs is 1. The standard InChI is InChI=1S/C28H34N4O4S/c1-21-16-32(22(2)19-33)37(34,35)28-12-11-24(10-9-23-7-5-4-6-8-23)13-26(28)36-27(21)18-31(3)17-25-14-29-20-30-15-25/h4-15,20-22,27,33H,16-19H2,1-3H3/b10-9+/t21-,22+,27+/m0/s1. The van der Waals surface area contributed by atoms with Crippen molar-refractivity contribution in [1.82, 2.24) is 19.2 Å². The average molecular weight is 523 g/mol. The zero-order chi connectivity index (χ0) is 26.4. The molecule has 2 aromatic carbocycles. The summed E-state index contributed by atoms with van der Waals surface area (Å²) in [4.78, 5) is 10.4. The third kappa shape index (κ3) is 6.61. The van der Waals surface area contributed by atoms with Crippen LogP contribution >= 0.6 is 0 Å². The molecule has 1 aromatic heterocycles. The van der Waals surface area contributed by atoms with Crippen molar-refractivity contribution < 1.29 is 18.3 Å². The molecular formula is C28H34N4O4S. The van der Waals surface area contributed by atoms with Gasteiger partial charge in [-0.2, -0.15) is 4.31 Å². The Balaban J connectivity index is 1.68. The van der Waals surface area contributed by atoms with E-state index in [0.717, 1.165) is 16.7 Å². The van der Waals surface area contributed by atoms with Crippen LogP contribution in [0, 0.1) is 5.92 Å². The van der Waals surface area contributed by atoms with Gasteiger partial charge in [0.15, 0.2) is 0 Å². The highest BCUT2D eigenvalue weighted by Crippen LogP contribution is 2.34. The molecule has 2 heterocycles. The van der Waals surface area contributed by atoms with Crippen molar-refractivity contribution in [2.45, 2.75) is 37.4 Å². The summed E-state index contributed by atoms with van der Waals surface area (Å²) in [6.07, 6.45) is 8.70. The molecule has 0 fully saturated rings. The van der Waals surface area contributed by atoms with E-state index in [1.165, 1.54) is 10.6 Å². The number of hydrogen-bond acceptors (Lipinski definition) is 7. The summed E-state index contributed by atoms with van der Waals surface area (Å²) < 4.78 is 35.2. The molecule has 0 unspecified atom stereocenters. The maximum Gasteiger partial charge on any atom is 0.247 e. The highest BCUT2D eigenvalue weighted by atomic mass is 32.2. The Hall–Kier alpha value is -3.11. The van der Waals surface area contributed by atoms with Crippen LogP contribution in [0.2, 0.25) is 0 Å². The Kier molecular flexibility index (Phi) is 8.71. The Bertz CT molecular complexity index is 1300. The molecule has 0 aliphatic carbocycles. The number of aliphatic hydroxyl groups is 1. The molecule has 1 aliphatic heterocycles. The van der Waals surface area contributed by atoms with Crippen molar-refractivity contribution in [3.63, 3.8) is 0 Å². The fraction of sp³-hybridized carbons (Fsp3) is 0.357. The minimum atomic E-state index is -3.88. The van der Waals surface area contributed by atoms with Gasteiger partial charge in [0.1, 0.15) is 23.1 Å². The topological polar surface area (TPSA) is 95.9 Å². The molecule has 9 heteroatoms. The summed E-state index contributed by atoms with van der Waals surface area (Å²) >= 11 is 0. The largest absolute Gasteiger partial charge is 0.487 e. The highest BCUT2D eigenvalue weighted by molar-refractivity contribution is 7.89. The monoisotopic (exact) mass is 522 g/mol. The third-order valence-electron chi connectivity index (χ3n) is 6.52. The van der Waals surface area contributed by atoms with Gasteiger partial charge in [-0.05, 0) is 37.2 Å². The molecule has 4 rings (SSSR count). The van der Waals surface area contributed by atoms with Gasteiger partial charge in [-0.25, -0.2) is 18.4 Å². The Labute approximate surface area is 219 Å². The number of ether oxygens (including phenoxy) is 1. The molecule has 8 nitrogen and oxygen atoms in total. The van der Waals surface area contributed by atoms with Gasteiger partial charge in [0.05, 0.1) is 6.61 Å². The lowest BCUT2D eigenvalue weighted by Crippen LogP contribution is -2.49. The zero-order valence-corrected chi connectivity index (χ0v) is 22.3. The van der Waals surface area contributed by atoms with Crippen LogP contribution in [0.5, 0.6) is 5.75 Å². The molecule has 3 atom stereocenters. The Morgan fingerprint density at radius 3 is 2.54 bits per heavy atom. The van der Waals surface area contributed by atoms with Crippen LogP contribution in [0.4, 0.5) is 0 Å². The van der Waals surface area contributed by atoms with E-state index in [4.69, 9.17) is 4.74 Å². The van der Waals surface area contributed by atoms with Crippen LogP contribution in [-0.2, 0) is 16.6 Å². The minimum absolute atomic E-state index is 0.112. The molecule has 0 bridgehead atoms. The van der Waals surface area contributed by atoms with E-state index in [0.29, 0.717) is 18.8 Å². The zero-order valence-electron chi connectivity index (χ0n) is 21.4. The quantitative estimate of drug-likeness (QED) is 0.452. The number of benzene rings is 2. The second-order valence-electron chi connectivity index (χ2n) is 9.63. The number of nitrogens with zero attached hydrogens (tertiary/aromatic N) is 4. The number of hydrogen-bond donors (Lipinski definition) is 1. The van der Waals surface area contributed by atoms with Gasteiger partial charge in [-0.15, -0.1) is 0 Å². The van der Waals surface area contributed by atoms with E-state index >= 15 is 0 Å². The SMILES string of the molecule is C[C@H](CO)N1C[C@H](C)[C@@H](CN(C)Cc2cncnc2)Oc2cc(/C=C/c3ccccc3)ccc2S1(=O)=O. The van der Waals surface area contributed by atoms with Crippen molar-refractivity contribution in [3.8, 4) is 5.75 Å². The van der Waals surface area contributed by atoms with Gasteiger partial charge in [0.2, 0.25) is 10.0 Å². The van der Waals surface area contributed by atoms with Crippen LogP contribution in [0.25, 0.3) is 12.2 Å². The number of aromatic nitrogens is 2.